The summed E-state index contributed by atoms with van der Waals surface area (Å²) in [4.78, 5) is 20.5. The number of carbonyl (C=O) groups is 1. The number of hydrogen-bond donors (Lipinski definition) is 1. The highest BCUT2D eigenvalue weighted by Crippen LogP contribution is 2.29. The minimum atomic E-state index is -0.101. The van der Waals surface area contributed by atoms with Crippen LogP contribution in [0.2, 0.25) is 0 Å². The van der Waals surface area contributed by atoms with Gasteiger partial charge in [0.15, 0.2) is 0 Å². The molecule has 0 amide bonds. The van der Waals surface area contributed by atoms with Crippen molar-refractivity contribution >= 4 is 11.8 Å². The Morgan fingerprint density at radius 3 is 2.80 bits per heavy atom. The van der Waals surface area contributed by atoms with Gasteiger partial charge < -0.3 is 10.1 Å². The van der Waals surface area contributed by atoms with E-state index >= 15 is 0 Å². The van der Waals surface area contributed by atoms with Crippen molar-refractivity contribution in [2.45, 2.75) is 52.0 Å². The van der Waals surface area contributed by atoms with Crippen molar-refractivity contribution in [1.82, 2.24) is 9.97 Å². The van der Waals surface area contributed by atoms with Crippen LogP contribution in [0.25, 0.3) is 0 Å². The van der Waals surface area contributed by atoms with Crippen LogP contribution in [0, 0.1) is 12.8 Å². The maximum atomic E-state index is 11.5. The Hall–Kier alpha value is -1.65. The average Bonchev–Trinajstić information content (AvgIpc) is 2.85. The van der Waals surface area contributed by atoms with E-state index in [9.17, 15) is 4.79 Å². The predicted octanol–water partition coefficient (Wildman–Crippen LogP) is 2.66. The standard InChI is InChI=1S/C15H23N3O2/c1-9(2)14-16-10(3)7-13(18-14)17-12-6-5-11(8-12)15(19)20-4/h7,9,11-12H,5-6,8H2,1-4H3,(H,16,17,18)/t11-,12+/m0/s1. The summed E-state index contributed by atoms with van der Waals surface area (Å²) in [7, 11) is 1.45. The van der Waals surface area contributed by atoms with Gasteiger partial charge in [-0.25, -0.2) is 9.97 Å². The summed E-state index contributed by atoms with van der Waals surface area (Å²) < 4.78 is 4.81. The van der Waals surface area contributed by atoms with Crippen molar-refractivity contribution in [2.75, 3.05) is 12.4 Å². The third kappa shape index (κ3) is 3.46. The third-order valence-corrected chi connectivity index (χ3v) is 3.71. The molecule has 20 heavy (non-hydrogen) atoms. The first-order chi connectivity index (χ1) is 9.49. The molecule has 1 aromatic rings. The lowest BCUT2D eigenvalue weighted by Crippen LogP contribution is -2.20. The number of esters is 1. The summed E-state index contributed by atoms with van der Waals surface area (Å²) in [5, 5.41) is 3.43. The quantitative estimate of drug-likeness (QED) is 0.857. The monoisotopic (exact) mass is 277 g/mol. The highest BCUT2D eigenvalue weighted by molar-refractivity contribution is 5.72. The summed E-state index contributed by atoms with van der Waals surface area (Å²) in [6.45, 7) is 6.15. The minimum Gasteiger partial charge on any atom is -0.469 e. The average molecular weight is 277 g/mol. The Labute approximate surface area is 120 Å². The van der Waals surface area contributed by atoms with Crippen molar-refractivity contribution in [1.29, 1.82) is 0 Å². The van der Waals surface area contributed by atoms with E-state index in [1.807, 2.05) is 13.0 Å². The summed E-state index contributed by atoms with van der Waals surface area (Å²) in [5.41, 5.74) is 0.966. The van der Waals surface area contributed by atoms with Gasteiger partial charge in [0.05, 0.1) is 13.0 Å². The molecule has 0 unspecified atom stereocenters. The number of ether oxygens (including phenoxy) is 1. The number of rotatable bonds is 4. The van der Waals surface area contributed by atoms with Crippen LogP contribution in [0.1, 0.15) is 50.5 Å². The second kappa shape index (κ2) is 6.20. The molecule has 1 heterocycles. The van der Waals surface area contributed by atoms with Gasteiger partial charge in [-0.3, -0.25) is 4.79 Å². The highest BCUT2D eigenvalue weighted by Gasteiger charge is 2.30. The van der Waals surface area contributed by atoms with Crippen LogP contribution in [-0.2, 0) is 9.53 Å². The summed E-state index contributed by atoms with van der Waals surface area (Å²) in [6, 6.07) is 2.24. The SMILES string of the molecule is COC(=O)[C@H]1CC[C@@H](Nc2cc(C)nc(C(C)C)n2)C1. The summed E-state index contributed by atoms with van der Waals surface area (Å²) >= 11 is 0. The van der Waals surface area contributed by atoms with Crippen LogP contribution in [0.4, 0.5) is 5.82 Å². The largest absolute Gasteiger partial charge is 0.469 e. The van der Waals surface area contributed by atoms with E-state index in [0.717, 1.165) is 36.6 Å². The number of aromatic nitrogens is 2. The molecule has 1 aromatic heterocycles. The Balaban J connectivity index is 2.02. The first-order valence-corrected chi connectivity index (χ1v) is 7.19. The lowest BCUT2D eigenvalue weighted by molar-refractivity contribution is -0.145. The van der Waals surface area contributed by atoms with Crippen molar-refractivity contribution in [2.24, 2.45) is 5.92 Å². The number of nitrogens with one attached hydrogen (secondary N) is 1. The second-order valence-electron chi connectivity index (χ2n) is 5.78. The van der Waals surface area contributed by atoms with E-state index in [0.29, 0.717) is 5.92 Å². The van der Waals surface area contributed by atoms with Crippen LogP contribution in [0.3, 0.4) is 0 Å². The van der Waals surface area contributed by atoms with E-state index in [-0.39, 0.29) is 17.9 Å². The van der Waals surface area contributed by atoms with Crippen molar-refractivity contribution in [3.05, 3.63) is 17.6 Å². The molecule has 1 N–H and O–H groups in total. The fraction of sp³-hybridized carbons (Fsp3) is 0.667. The van der Waals surface area contributed by atoms with Gasteiger partial charge in [-0.2, -0.15) is 0 Å². The Bertz CT molecular complexity index is 488. The van der Waals surface area contributed by atoms with Crippen LogP contribution in [0.5, 0.6) is 0 Å². The van der Waals surface area contributed by atoms with Crippen molar-refractivity contribution in [3.63, 3.8) is 0 Å². The fourth-order valence-corrected chi connectivity index (χ4v) is 2.63. The zero-order valence-electron chi connectivity index (χ0n) is 12.6. The number of carbonyl (C=O) groups excluding carboxylic acids is 1. The topological polar surface area (TPSA) is 64.1 Å². The van der Waals surface area contributed by atoms with Gasteiger partial charge in [-0.15, -0.1) is 0 Å². The Morgan fingerprint density at radius 2 is 2.15 bits per heavy atom. The zero-order valence-corrected chi connectivity index (χ0v) is 12.6. The number of anilines is 1. The minimum absolute atomic E-state index is 0.0185. The maximum Gasteiger partial charge on any atom is 0.308 e. The van der Waals surface area contributed by atoms with Gasteiger partial charge in [0.25, 0.3) is 0 Å². The van der Waals surface area contributed by atoms with E-state index in [1.165, 1.54) is 7.11 Å². The molecule has 0 spiro atoms. The van der Waals surface area contributed by atoms with Crippen molar-refractivity contribution < 1.29 is 9.53 Å². The van der Waals surface area contributed by atoms with E-state index < -0.39 is 0 Å². The summed E-state index contributed by atoms with van der Waals surface area (Å²) in [5.74, 6) is 1.94. The lowest BCUT2D eigenvalue weighted by Gasteiger charge is -2.15. The molecular weight excluding hydrogens is 254 g/mol. The Morgan fingerprint density at radius 1 is 1.40 bits per heavy atom. The number of nitrogens with zero attached hydrogens (tertiary/aromatic N) is 2. The molecule has 1 aliphatic rings. The van der Waals surface area contributed by atoms with Crippen LogP contribution >= 0.6 is 0 Å². The first-order valence-electron chi connectivity index (χ1n) is 7.19. The van der Waals surface area contributed by atoms with Crippen molar-refractivity contribution in [3.8, 4) is 0 Å². The molecule has 0 aromatic carbocycles. The van der Waals surface area contributed by atoms with Gasteiger partial charge in [-0.05, 0) is 26.2 Å². The van der Waals surface area contributed by atoms with E-state index in [2.05, 4.69) is 29.1 Å². The smallest absolute Gasteiger partial charge is 0.308 e. The lowest BCUT2D eigenvalue weighted by atomic mass is 10.1. The van der Waals surface area contributed by atoms with Gasteiger partial charge in [0.1, 0.15) is 11.6 Å². The molecule has 1 saturated carbocycles. The Kier molecular flexibility index (Phi) is 4.57. The molecule has 1 aliphatic carbocycles. The number of aryl methyl sites for hydroxylation is 1. The molecule has 2 atom stereocenters. The van der Waals surface area contributed by atoms with Gasteiger partial charge in [-0.1, -0.05) is 13.8 Å². The molecular formula is C15H23N3O2. The number of hydrogen-bond acceptors (Lipinski definition) is 5. The second-order valence-corrected chi connectivity index (χ2v) is 5.78. The predicted molar refractivity (Wildman–Crippen MR) is 77.6 cm³/mol. The molecule has 0 bridgehead atoms. The molecule has 1 fully saturated rings. The molecule has 110 valence electrons. The first kappa shape index (κ1) is 14.8. The zero-order chi connectivity index (χ0) is 14.7. The third-order valence-electron chi connectivity index (χ3n) is 3.71. The molecule has 0 saturated heterocycles. The summed E-state index contributed by atoms with van der Waals surface area (Å²) in [6.07, 6.45) is 2.66. The molecule has 0 aliphatic heterocycles. The normalized spacial score (nSPS) is 22.1. The van der Waals surface area contributed by atoms with Crippen LogP contribution < -0.4 is 5.32 Å². The van der Waals surface area contributed by atoms with Crippen LogP contribution in [-0.4, -0.2) is 29.1 Å². The molecule has 5 heteroatoms. The molecule has 5 nitrogen and oxygen atoms in total. The highest BCUT2D eigenvalue weighted by atomic mass is 16.5. The molecule has 2 rings (SSSR count). The fourth-order valence-electron chi connectivity index (χ4n) is 2.63. The van der Waals surface area contributed by atoms with E-state index in [4.69, 9.17) is 4.74 Å². The van der Waals surface area contributed by atoms with Crippen LogP contribution in [0.15, 0.2) is 6.07 Å². The molecule has 0 radical (unpaired) electrons. The van der Waals surface area contributed by atoms with Gasteiger partial charge in [0, 0.05) is 23.7 Å². The van der Waals surface area contributed by atoms with E-state index in [1.54, 1.807) is 0 Å². The number of methoxy groups -OCH3 is 1. The van der Waals surface area contributed by atoms with Gasteiger partial charge in [0.2, 0.25) is 0 Å². The maximum absolute atomic E-state index is 11.5. The van der Waals surface area contributed by atoms with Gasteiger partial charge >= 0.3 is 5.97 Å².